The maximum Gasteiger partial charge on any atom is 0.265 e. The van der Waals surface area contributed by atoms with E-state index in [2.05, 4.69) is 0 Å². The summed E-state index contributed by atoms with van der Waals surface area (Å²) in [7, 11) is 3.06. The molecule has 11 heteroatoms. The second-order valence-electron chi connectivity index (χ2n) is 7.94. The quantitative estimate of drug-likeness (QED) is 0.354. The lowest BCUT2D eigenvalue weighted by atomic mass is 10.2. The van der Waals surface area contributed by atoms with Crippen LogP contribution in [-0.4, -0.2) is 61.3 Å². The van der Waals surface area contributed by atoms with E-state index in [-0.39, 0.29) is 28.6 Å². The molecule has 1 amide bonds. The fourth-order valence-corrected chi connectivity index (χ4v) is 5.15. The molecule has 0 heterocycles. The number of hydrogen-bond acceptors (Lipinski definition) is 7. The number of methoxy groups -OCH3 is 4. The number of sulfonamides is 1. The van der Waals surface area contributed by atoms with E-state index in [9.17, 15) is 13.2 Å². The van der Waals surface area contributed by atoms with E-state index >= 15 is 0 Å². The molecular weight excluding hydrogens is 520 g/mol. The summed E-state index contributed by atoms with van der Waals surface area (Å²) in [6.07, 6.45) is 0. The Hall–Kier alpha value is -3.63. The van der Waals surface area contributed by atoms with Crippen LogP contribution in [0.4, 0.5) is 5.69 Å². The number of nitrogens with zero attached hydrogens (tertiary/aromatic N) is 2. The second-order valence-corrected chi connectivity index (χ2v) is 10.2. The molecule has 3 aromatic rings. The van der Waals surface area contributed by atoms with Gasteiger partial charge in [-0.2, -0.15) is 0 Å². The zero-order valence-corrected chi connectivity index (χ0v) is 22.8. The number of ether oxygens (including phenoxy) is 4. The lowest BCUT2D eigenvalue weighted by molar-refractivity contribution is -0.128. The molecule has 0 saturated carbocycles. The van der Waals surface area contributed by atoms with Gasteiger partial charge in [0.25, 0.3) is 10.0 Å². The third-order valence-corrected chi connectivity index (χ3v) is 7.64. The van der Waals surface area contributed by atoms with E-state index in [0.29, 0.717) is 16.5 Å². The minimum absolute atomic E-state index is 0.0943. The van der Waals surface area contributed by atoms with Gasteiger partial charge in [-0.05, 0) is 42.0 Å². The number of amides is 1. The van der Waals surface area contributed by atoms with E-state index < -0.39 is 22.5 Å². The molecule has 0 radical (unpaired) electrons. The fraction of sp³-hybridized carbons (Fsp3) is 0.269. The van der Waals surface area contributed by atoms with Gasteiger partial charge in [-0.3, -0.25) is 9.10 Å². The molecular formula is C26H29ClN2O7S. The van der Waals surface area contributed by atoms with Crippen molar-refractivity contribution in [2.24, 2.45) is 0 Å². The molecule has 0 aromatic heterocycles. The van der Waals surface area contributed by atoms with Gasteiger partial charge in [-0.25, -0.2) is 8.42 Å². The molecule has 37 heavy (non-hydrogen) atoms. The average Bonchev–Trinajstić information content (AvgIpc) is 2.91. The molecule has 198 valence electrons. The summed E-state index contributed by atoms with van der Waals surface area (Å²) in [5, 5.41) is 0.579. The number of benzene rings is 3. The number of rotatable bonds is 11. The molecule has 0 unspecified atom stereocenters. The first-order chi connectivity index (χ1) is 17.6. The molecule has 9 nitrogen and oxygen atoms in total. The molecule has 0 atom stereocenters. The highest BCUT2D eigenvalue weighted by atomic mass is 35.5. The van der Waals surface area contributed by atoms with Crippen LogP contribution >= 0.6 is 11.6 Å². The summed E-state index contributed by atoms with van der Waals surface area (Å²) >= 11 is 5.96. The number of carbonyl (C=O) groups excluding carboxylic acids is 1. The molecule has 0 aliphatic rings. The summed E-state index contributed by atoms with van der Waals surface area (Å²) in [6, 6.07) is 16.0. The Morgan fingerprint density at radius 2 is 1.43 bits per heavy atom. The van der Waals surface area contributed by atoms with Crippen LogP contribution in [0.2, 0.25) is 5.02 Å². The second kappa shape index (κ2) is 12.1. The lowest BCUT2D eigenvalue weighted by Crippen LogP contribution is -2.41. The van der Waals surface area contributed by atoms with Crippen molar-refractivity contribution in [1.82, 2.24) is 4.90 Å². The molecule has 0 N–H and O–H groups in total. The number of hydrogen-bond donors (Lipinski definition) is 0. The fourth-order valence-electron chi connectivity index (χ4n) is 3.59. The molecule has 0 aliphatic carbocycles. The van der Waals surface area contributed by atoms with Gasteiger partial charge < -0.3 is 23.8 Å². The van der Waals surface area contributed by atoms with E-state index in [0.717, 1.165) is 9.87 Å². The minimum atomic E-state index is -4.28. The molecule has 0 aliphatic heterocycles. The van der Waals surface area contributed by atoms with Crippen LogP contribution in [0.5, 0.6) is 23.0 Å². The van der Waals surface area contributed by atoms with Crippen molar-refractivity contribution in [2.45, 2.75) is 11.4 Å². The maximum atomic E-state index is 14.0. The lowest BCUT2D eigenvalue weighted by Gasteiger charge is -2.28. The summed E-state index contributed by atoms with van der Waals surface area (Å²) in [5.74, 6) is 0.796. The predicted molar refractivity (Wildman–Crippen MR) is 142 cm³/mol. The first-order valence-corrected chi connectivity index (χ1v) is 12.9. The van der Waals surface area contributed by atoms with Crippen LogP contribution in [0.3, 0.4) is 0 Å². The highest BCUT2D eigenvalue weighted by molar-refractivity contribution is 7.92. The van der Waals surface area contributed by atoms with Gasteiger partial charge in [-0.15, -0.1) is 0 Å². The third-order valence-electron chi connectivity index (χ3n) is 5.64. The Bertz CT molecular complexity index is 1350. The predicted octanol–water partition coefficient (Wildman–Crippen LogP) is 4.23. The SMILES string of the molecule is COc1ccc(OC)c(N(CC(=O)N(C)Cc2ccc(Cl)cc2)S(=O)(=O)c2ccc(OC)c(OC)c2)c1. The Morgan fingerprint density at radius 3 is 2.03 bits per heavy atom. The zero-order valence-electron chi connectivity index (χ0n) is 21.2. The van der Waals surface area contributed by atoms with Crippen LogP contribution in [0, 0.1) is 0 Å². The molecule has 3 rings (SSSR count). The number of likely N-dealkylation sites (N-methyl/N-ethyl adjacent to an activating group) is 1. The van der Waals surface area contributed by atoms with Crippen LogP contribution in [0.25, 0.3) is 0 Å². The van der Waals surface area contributed by atoms with Crippen molar-refractivity contribution in [3.8, 4) is 23.0 Å². The highest BCUT2D eigenvalue weighted by Gasteiger charge is 2.31. The first kappa shape index (κ1) is 27.9. The number of anilines is 1. The molecule has 0 spiro atoms. The molecule has 0 fully saturated rings. The van der Waals surface area contributed by atoms with E-state index in [1.807, 2.05) is 0 Å². The van der Waals surface area contributed by atoms with Crippen molar-refractivity contribution in [3.05, 3.63) is 71.2 Å². The third kappa shape index (κ3) is 6.39. The van der Waals surface area contributed by atoms with E-state index in [1.54, 1.807) is 43.4 Å². The topological polar surface area (TPSA) is 94.6 Å². The Morgan fingerprint density at radius 1 is 0.811 bits per heavy atom. The van der Waals surface area contributed by atoms with Crippen molar-refractivity contribution in [2.75, 3.05) is 46.3 Å². The summed E-state index contributed by atoms with van der Waals surface area (Å²) in [6.45, 7) is -0.236. The van der Waals surface area contributed by atoms with Gasteiger partial charge in [0.2, 0.25) is 5.91 Å². The standard InChI is InChI=1S/C26H29ClN2O7S/c1-28(16-18-6-8-19(27)9-7-18)26(30)17-29(22-14-20(33-2)10-12-23(22)34-3)37(31,32)21-11-13-24(35-4)25(15-21)36-5/h6-15H,16-17H2,1-5H3. The van der Waals surface area contributed by atoms with Crippen LogP contribution in [0.1, 0.15) is 5.56 Å². The molecule has 0 saturated heterocycles. The Labute approximate surface area is 222 Å². The van der Waals surface area contributed by atoms with Gasteiger partial charge in [0, 0.05) is 30.7 Å². The smallest absolute Gasteiger partial charge is 0.265 e. The number of carbonyl (C=O) groups is 1. The van der Waals surface area contributed by atoms with Gasteiger partial charge >= 0.3 is 0 Å². The van der Waals surface area contributed by atoms with Gasteiger partial charge in [-0.1, -0.05) is 23.7 Å². The maximum absolute atomic E-state index is 14.0. The number of halogens is 1. The van der Waals surface area contributed by atoms with Crippen molar-refractivity contribution in [3.63, 3.8) is 0 Å². The molecule has 3 aromatic carbocycles. The summed E-state index contributed by atoms with van der Waals surface area (Å²) in [4.78, 5) is 14.7. The zero-order chi connectivity index (χ0) is 27.2. The highest BCUT2D eigenvalue weighted by Crippen LogP contribution is 2.37. The van der Waals surface area contributed by atoms with Crippen molar-refractivity contribution in [1.29, 1.82) is 0 Å². The van der Waals surface area contributed by atoms with Crippen LogP contribution in [0.15, 0.2) is 65.6 Å². The van der Waals surface area contributed by atoms with E-state index in [1.165, 1.54) is 57.6 Å². The summed E-state index contributed by atoms with van der Waals surface area (Å²) < 4.78 is 50.2. The van der Waals surface area contributed by atoms with Gasteiger partial charge in [0.15, 0.2) is 11.5 Å². The minimum Gasteiger partial charge on any atom is -0.497 e. The van der Waals surface area contributed by atoms with Crippen molar-refractivity contribution >= 4 is 33.2 Å². The van der Waals surface area contributed by atoms with Gasteiger partial charge in [0.05, 0.1) is 39.0 Å². The Kier molecular flexibility index (Phi) is 9.12. The van der Waals surface area contributed by atoms with Crippen LogP contribution in [-0.2, 0) is 21.4 Å². The van der Waals surface area contributed by atoms with Crippen molar-refractivity contribution < 1.29 is 32.2 Å². The molecule has 0 bridgehead atoms. The first-order valence-electron chi connectivity index (χ1n) is 11.1. The summed E-state index contributed by atoms with van der Waals surface area (Å²) in [5.41, 5.74) is 0.985. The average molecular weight is 549 g/mol. The largest absolute Gasteiger partial charge is 0.497 e. The van der Waals surface area contributed by atoms with Crippen LogP contribution < -0.4 is 23.3 Å². The van der Waals surface area contributed by atoms with Gasteiger partial charge in [0.1, 0.15) is 18.0 Å². The monoisotopic (exact) mass is 548 g/mol. The Balaban J connectivity index is 2.06. The van der Waals surface area contributed by atoms with E-state index in [4.69, 9.17) is 30.5 Å². The normalized spacial score (nSPS) is 11.0.